The fourth-order valence-electron chi connectivity index (χ4n) is 4.36. The first kappa shape index (κ1) is 14.3. The number of amides is 1. The van der Waals surface area contributed by atoms with Gasteiger partial charge in [0.25, 0.3) is 0 Å². The fraction of sp³-hybridized carbons (Fsp3) is 0.938. The van der Waals surface area contributed by atoms with Crippen molar-refractivity contribution in [1.82, 2.24) is 15.5 Å². The van der Waals surface area contributed by atoms with Gasteiger partial charge in [0.15, 0.2) is 0 Å². The molecule has 1 amide bonds. The predicted octanol–water partition coefficient (Wildman–Crippen LogP) is 1.65. The Labute approximate surface area is 122 Å². The average molecular weight is 279 g/mol. The largest absolute Gasteiger partial charge is 0.352 e. The zero-order valence-electron chi connectivity index (χ0n) is 12.7. The molecule has 3 aliphatic rings. The molecule has 4 heteroatoms. The number of hydrogen-bond acceptors (Lipinski definition) is 3. The first-order chi connectivity index (χ1) is 9.76. The number of piperidine rings is 2. The van der Waals surface area contributed by atoms with E-state index in [0.717, 1.165) is 44.1 Å². The topological polar surface area (TPSA) is 44.4 Å². The van der Waals surface area contributed by atoms with Crippen LogP contribution in [-0.2, 0) is 4.79 Å². The van der Waals surface area contributed by atoms with Crippen molar-refractivity contribution in [2.24, 2.45) is 0 Å². The van der Waals surface area contributed by atoms with Crippen molar-refractivity contribution in [3.8, 4) is 0 Å². The molecule has 3 aliphatic heterocycles. The molecule has 0 saturated carbocycles. The molecule has 3 saturated heterocycles. The minimum atomic E-state index is 0.250. The lowest BCUT2D eigenvalue weighted by molar-refractivity contribution is -0.119. The fourth-order valence-corrected chi connectivity index (χ4v) is 4.36. The minimum absolute atomic E-state index is 0.250. The Bertz CT molecular complexity index is 333. The Morgan fingerprint density at radius 3 is 2.60 bits per heavy atom. The normalized spacial score (nSPS) is 38.0. The van der Waals surface area contributed by atoms with E-state index in [0.29, 0.717) is 6.04 Å². The number of carbonyl (C=O) groups is 1. The standard InChI is InChI=1S/C16H29N3O/c1-2-8-17-13-9-14-4-3-5-15(10-13)19(14)11-12-6-7-16(20)18-12/h12-15,17H,2-11H2,1H3,(H,18,20). The second-order valence-electron chi connectivity index (χ2n) is 6.86. The molecule has 3 unspecified atom stereocenters. The Kier molecular flexibility index (Phi) is 4.61. The van der Waals surface area contributed by atoms with Crippen LogP contribution < -0.4 is 10.6 Å². The lowest BCUT2D eigenvalue weighted by Crippen LogP contribution is -2.58. The third-order valence-electron chi connectivity index (χ3n) is 5.33. The van der Waals surface area contributed by atoms with Gasteiger partial charge in [-0.1, -0.05) is 13.3 Å². The van der Waals surface area contributed by atoms with Crippen LogP contribution in [-0.4, -0.2) is 48.1 Å². The first-order valence-corrected chi connectivity index (χ1v) is 8.54. The van der Waals surface area contributed by atoms with Crippen molar-refractivity contribution < 1.29 is 4.79 Å². The second-order valence-corrected chi connectivity index (χ2v) is 6.86. The summed E-state index contributed by atoms with van der Waals surface area (Å²) < 4.78 is 0. The number of carbonyl (C=O) groups excluding carboxylic acids is 1. The molecule has 3 atom stereocenters. The molecular weight excluding hydrogens is 250 g/mol. The zero-order chi connectivity index (χ0) is 13.9. The predicted molar refractivity (Wildman–Crippen MR) is 80.6 cm³/mol. The van der Waals surface area contributed by atoms with Crippen molar-refractivity contribution in [3.05, 3.63) is 0 Å². The molecule has 0 aromatic heterocycles. The van der Waals surface area contributed by atoms with Crippen LogP contribution in [0.3, 0.4) is 0 Å². The Hall–Kier alpha value is -0.610. The number of rotatable bonds is 5. The number of nitrogens with zero attached hydrogens (tertiary/aromatic N) is 1. The van der Waals surface area contributed by atoms with Crippen LogP contribution in [0.15, 0.2) is 0 Å². The molecule has 3 fully saturated rings. The molecule has 0 radical (unpaired) electrons. The van der Waals surface area contributed by atoms with Gasteiger partial charge >= 0.3 is 0 Å². The minimum Gasteiger partial charge on any atom is -0.352 e. The van der Waals surface area contributed by atoms with Crippen LogP contribution in [0.5, 0.6) is 0 Å². The van der Waals surface area contributed by atoms with Crippen molar-refractivity contribution in [2.75, 3.05) is 13.1 Å². The van der Waals surface area contributed by atoms with Crippen LogP contribution in [0.2, 0.25) is 0 Å². The van der Waals surface area contributed by atoms with Gasteiger partial charge in [-0.15, -0.1) is 0 Å². The summed E-state index contributed by atoms with van der Waals surface area (Å²) in [5.74, 6) is 0.250. The molecule has 0 aliphatic carbocycles. The van der Waals surface area contributed by atoms with E-state index >= 15 is 0 Å². The van der Waals surface area contributed by atoms with Crippen LogP contribution in [0.1, 0.15) is 58.3 Å². The molecule has 2 bridgehead atoms. The van der Waals surface area contributed by atoms with Crippen molar-refractivity contribution in [2.45, 2.75) is 82.5 Å². The van der Waals surface area contributed by atoms with E-state index in [-0.39, 0.29) is 5.91 Å². The number of nitrogens with one attached hydrogen (secondary N) is 2. The van der Waals surface area contributed by atoms with E-state index in [4.69, 9.17) is 0 Å². The number of hydrogen-bond donors (Lipinski definition) is 2. The summed E-state index contributed by atoms with van der Waals surface area (Å²) in [6.45, 7) is 4.48. The van der Waals surface area contributed by atoms with Gasteiger partial charge in [0.1, 0.15) is 0 Å². The van der Waals surface area contributed by atoms with Crippen LogP contribution in [0.25, 0.3) is 0 Å². The maximum atomic E-state index is 11.4. The van der Waals surface area contributed by atoms with Crippen LogP contribution >= 0.6 is 0 Å². The lowest BCUT2D eigenvalue weighted by atomic mass is 9.81. The van der Waals surface area contributed by atoms with Gasteiger partial charge in [0.05, 0.1) is 0 Å². The van der Waals surface area contributed by atoms with Gasteiger partial charge < -0.3 is 10.6 Å². The highest BCUT2D eigenvalue weighted by atomic mass is 16.1. The highest BCUT2D eigenvalue weighted by molar-refractivity contribution is 5.78. The summed E-state index contributed by atoms with van der Waals surface area (Å²) in [6, 6.07) is 2.62. The van der Waals surface area contributed by atoms with E-state index < -0.39 is 0 Å². The van der Waals surface area contributed by atoms with Crippen molar-refractivity contribution >= 4 is 5.91 Å². The molecule has 3 heterocycles. The Balaban J connectivity index is 1.57. The third-order valence-corrected chi connectivity index (χ3v) is 5.33. The first-order valence-electron chi connectivity index (χ1n) is 8.54. The van der Waals surface area contributed by atoms with Gasteiger partial charge in [0.2, 0.25) is 5.91 Å². The van der Waals surface area contributed by atoms with E-state index in [9.17, 15) is 4.79 Å². The third kappa shape index (κ3) is 3.17. The molecule has 0 spiro atoms. The van der Waals surface area contributed by atoms with Gasteiger partial charge in [-0.3, -0.25) is 9.69 Å². The molecule has 0 aromatic carbocycles. The monoisotopic (exact) mass is 279 g/mol. The number of fused-ring (bicyclic) bond motifs is 2. The highest BCUT2D eigenvalue weighted by Crippen LogP contribution is 2.34. The van der Waals surface area contributed by atoms with E-state index in [1.807, 2.05) is 0 Å². The maximum absolute atomic E-state index is 11.4. The second kappa shape index (κ2) is 6.44. The van der Waals surface area contributed by atoms with Gasteiger partial charge in [-0.25, -0.2) is 0 Å². The molecule has 114 valence electrons. The molecule has 3 rings (SSSR count). The molecule has 2 N–H and O–H groups in total. The summed E-state index contributed by atoms with van der Waals surface area (Å²) in [5.41, 5.74) is 0. The molecule has 4 nitrogen and oxygen atoms in total. The summed E-state index contributed by atoms with van der Waals surface area (Å²) in [6.07, 6.45) is 9.69. The van der Waals surface area contributed by atoms with E-state index in [2.05, 4.69) is 22.5 Å². The summed E-state index contributed by atoms with van der Waals surface area (Å²) in [5, 5.41) is 6.86. The maximum Gasteiger partial charge on any atom is 0.220 e. The quantitative estimate of drug-likeness (QED) is 0.804. The lowest BCUT2D eigenvalue weighted by Gasteiger charge is -2.50. The molecule has 0 aromatic rings. The molecular formula is C16H29N3O. The van der Waals surface area contributed by atoms with Crippen LogP contribution in [0.4, 0.5) is 0 Å². The summed E-state index contributed by atoms with van der Waals surface area (Å²) in [7, 11) is 0. The Morgan fingerprint density at radius 2 is 2.00 bits per heavy atom. The highest BCUT2D eigenvalue weighted by Gasteiger charge is 2.39. The Morgan fingerprint density at radius 1 is 1.25 bits per heavy atom. The summed E-state index contributed by atoms with van der Waals surface area (Å²) >= 11 is 0. The van der Waals surface area contributed by atoms with Gasteiger partial charge in [-0.05, 0) is 45.1 Å². The average Bonchev–Trinajstić information content (AvgIpc) is 2.82. The zero-order valence-corrected chi connectivity index (χ0v) is 12.7. The van der Waals surface area contributed by atoms with Gasteiger partial charge in [-0.2, -0.15) is 0 Å². The van der Waals surface area contributed by atoms with E-state index in [1.165, 1.54) is 38.5 Å². The van der Waals surface area contributed by atoms with Crippen molar-refractivity contribution in [3.63, 3.8) is 0 Å². The SMILES string of the molecule is CCCNC1CC2CCCC(C1)N2CC1CCC(=O)N1. The van der Waals surface area contributed by atoms with Crippen LogP contribution in [0, 0.1) is 0 Å². The van der Waals surface area contributed by atoms with Gasteiger partial charge in [0, 0.05) is 37.1 Å². The van der Waals surface area contributed by atoms with Crippen molar-refractivity contribution in [1.29, 1.82) is 0 Å². The van der Waals surface area contributed by atoms with E-state index in [1.54, 1.807) is 0 Å². The smallest absolute Gasteiger partial charge is 0.220 e. The summed E-state index contributed by atoms with van der Waals surface area (Å²) in [4.78, 5) is 14.1. The molecule has 20 heavy (non-hydrogen) atoms.